The normalized spacial score (nSPS) is 16.3. The van der Waals surface area contributed by atoms with Crippen LogP contribution in [0.2, 0.25) is 0 Å². The first-order valence-corrected chi connectivity index (χ1v) is 11.3. The molecule has 1 saturated heterocycles. The van der Waals surface area contributed by atoms with Crippen LogP contribution in [-0.4, -0.2) is 30.3 Å². The fourth-order valence-electron chi connectivity index (χ4n) is 3.88. The number of benzene rings is 3. The lowest BCUT2D eigenvalue weighted by atomic mass is 10.1. The fourth-order valence-corrected chi connectivity index (χ4v) is 3.88. The maximum Gasteiger partial charge on any atom is 0.312 e. The minimum absolute atomic E-state index is 0.0476. The highest BCUT2D eigenvalue weighted by Gasteiger charge is 2.37. The Bertz CT molecular complexity index is 1200. The van der Waals surface area contributed by atoms with Crippen molar-refractivity contribution in [2.24, 2.45) is 5.92 Å². The fraction of sp³-hybridized carbons (Fsp3) is 0.250. The van der Waals surface area contributed by atoms with E-state index < -0.39 is 18.0 Å². The van der Waals surface area contributed by atoms with Crippen molar-refractivity contribution < 1.29 is 23.9 Å². The number of anilines is 1. The summed E-state index contributed by atoms with van der Waals surface area (Å²) in [4.78, 5) is 39.3. The molecule has 0 aromatic heterocycles. The lowest BCUT2D eigenvalue weighted by Crippen LogP contribution is -2.30. The molecule has 3 aromatic carbocycles. The molecule has 34 heavy (non-hydrogen) atoms. The number of aryl methyl sites for hydroxylation is 2. The van der Waals surface area contributed by atoms with Gasteiger partial charge in [0.05, 0.1) is 5.92 Å². The number of hydrogen-bond acceptors (Lipinski definition) is 5. The molecule has 0 aliphatic carbocycles. The van der Waals surface area contributed by atoms with Gasteiger partial charge in [0, 0.05) is 24.2 Å². The average Bonchev–Trinajstić information content (AvgIpc) is 3.23. The van der Waals surface area contributed by atoms with Crippen molar-refractivity contribution in [2.75, 3.05) is 11.4 Å². The highest BCUT2D eigenvalue weighted by molar-refractivity contribution is 6.02. The largest absolute Gasteiger partial charge is 0.457 e. The van der Waals surface area contributed by atoms with E-state index in [4.69, 9.17) is 9.47 Å². The molecule has 3 aromatic rings. The van der Waals surface area contributed by atoms with Gasteiger partial charge >= 0.3 is 5.97 Å². The Balaban J connectivity index is 1.36. The van der Waals surface area contributed by atoms with Gasteiger partial charge in [-0.25, -0.2) is 0 Å². The van der Waals surface area contributed by atoms with Gasteiger partial charge in [0.15, 0.2) is 6.10 Å². The molecule has 2 atom stereocenters. The summed E-state index contributed by atoms with van der Waals surface area (Å²) >= 11 is 0. The lowest BCUT2D eigenvalue weighted by molar-refractivity contribution is -0.151. The number of rotatable bonds is 7. The van der Waals surface area contributed by atoms with Crippen LogP contribution >= 0.6 is 0 Å². The molecule has 0 N–H and O–H groups in total. The van der Waals surface area contributed by atoms with E-state index in [2.05, 4.69) is 0 Å². The highest BCUT2D eigenvalue weighted by Crippen LogP contribution is 2.30. The number of ether oxygens (including phenoxy) is 2. The molecule has 0 radical (unpaired) electrons. The number of amides is 1. The molecule has 0 unspecified atom stereocenters. The zero-order chi connectivity index (χ0) is 24.2. The number of ketones is 1. The first kappa shape index (κ1) is 23.2. The van der Waals surface area contributed by atoms with E-state index in [0.29, 0.717) is 17.0 Å². The first-order chi connectivity index (χ1) is 16.3. The molecule has 0 spiro atoms. The maximum atomic E-state index is 12.6. The number of carbonyl (C=O) groups is 3. The van der Waals surface area contributed by atoms with Gasteiger partial charge < -0.3 is 14.4 Å². The zero-order valence-electron chi connectivity index (χ0n) is 19.5. The predicted molar refractivity (Wildman–Crippen MR) is 129 cm³/mol. The zero-order valence-corrected chi connectivity index (χ0v) is 19.5. The minimum atomic E-state index is -0.916. The van der Waals surface area contributed by atoms with Crippen molar-refractivity contribution in [3.8, 4) is 11.5 Å². The average molecular weight is 458 g/mol. The summed E-state index contributed by atoms with van der Waals surface area (Å²) in [5, 5.41) is 0. The van der Waals surface area contributed by atoms with E-state index in [1.165, 1.54) is 5.56 Å². The summed E-state index contributed by atoms with van der Waals surface area (Å²) in [6.45, 7) is 5.84. The summed E-state index contributed by atoms with van der Waals surface area (Å²) in [5.74, 6) is -0.188. The lowest BCUT2D eigenvalue weighted by Gasteiger charge is -2.18. The number of Topliss-reactive ketones (excluding diaryl/α,β-unsaturated/α-hetero) is 1. The molecular formula is C28H27NO5. The van der Waals surface area contributed by atoms with Crippen LogP contribution in [-0.2, 0) is 14.3 Å². The van der Waals surface area contributed by atoms with E-state index in [-0.39, 0.29) is 24.7 Å². The molecule has 1 fully saturated rings. The Morgan fingerprint density at radius 3 is 2.26 bits per heavy atom. The molecule has 1 aliphatic rings. The Kier molecular flexibility index (Phi) is 6.77. The summed E-state index contributed by atoms with van der Waals surface area (Å²) in [5.41, 5.74) is 3.51. The van der Waals surface area contributed by atoms with Gasteiger partial charge in [-0.1, -0.05) is 36.4 Å². The van der Waals surface area contributed by atoms with E-state index in [1.807, 2.05) is 38.1 Å². The van der Waals surface area contributed by atoms with E-state index in [0.717, 1.165) is 11.3 Å². The molecule has 0 saturated carbocycles. The summed E-state index contributed by atoms with van der Waals surface area (Å²) in [6, 6.07) is 21.8. The van der Waals surface area contributed by atoms with Crippen molar-refractivity contribution in [1.29, 1.82) is 0 Å². The molecule has 4 rings (SSSR count). The minimum Gasteiger partial charge on any atom is -0.457 e. The van der Waals surface area contributed by atoms with Crippen molar-refractivity contribution in [1.82, 2.24) is 0 Å². The summed E-state index contributed by atoms with van der Waals surface area (Å²) < 4.78 is 11.3. The second kappa shape index (κ2) is 9.91. The highest BCUT2D eigenvalue weighted by atomic mass is 16.5. The quantitative estimate of drug-likeness (QED) is 0.357. The molecule has 1 amide bonds. The summed E-state index contributed by atoms with van der Waals surface area (Å²) in [6.07, 6.45) is -0.868. The first-order valence-electron chi connectivity index (χ1n) is 11.3. The van der Waals surface area contributed by atoms with E-state index >= 15 is 0 Å². The van der Waals surface area contributed by atoms with E-state index in [1.54, 1.807) is 60.4 Å². The Morgan fingerprint density at radius 2 is 1.59 bits per heavy atom. The van der Waals surface area contributed by atoms with Gasteiger partial charge in [-0.15, -0.1) is 0 Å². The third-order valence-electron chi connectivity index (χ3n) is 6.04. The molecule has 6 heteroatoms. The number of carbonyl (C=O) groups excluding carboxylic acids is 3. The molecule has 174 valence electrons. The SMILES string of the molecule is Cc1ccc(Oc2ccc(N3C[C@@H](C(=O)O[C@H](C)C(=O)c4ccccc4)CC3=O)cc2)cc1C. The van der Waals surface area contributed by atoms with Crippen LogP contribution in [0.15, 0.2) is 72.8 Å². The second-order valence-electron chi connectivity index (χ2n) is 8.56. The van der Waals surface area contributed by atoms with Gasteiger partial charge in [0.25, 0.3) is 0 Å². The van der Waals surface area contributed by atoms with Crippen LogP contribution < -0.4 is 9.64 Å². The van der Waals surface area contributed by atoms with Crippen LogP contribution in [0, 0.1) is 19.8 Å². The number of esters is 1. The standard InChI is InChI=1S/C28H27NO5/c1-18-9-12-25(15-19(18)2)34-24-13-10-23(11-14-24)29-17-22(16-26(29)30)28(32)33-20(3)27(31)21-7-5-4-6-8-21/h4-15,20,22H,16-17H2,1-3H3/t20-,22+/m1/s1. The Hall–Kier alpha value is -3.93. The van der Waals surface area contributed by atoms with Crippen LogP contribution in [0.4, 0.5) is 5.69 Å². The topological polar surface area (TPSA) is 72.9 Å². The van der Waals surface area contributed by atoms with Crippen molar-refractivity contribution in [3.05, 3.63) is 89.5 Å². The van der Waals surface area contributed by atoms with Gasteiger partial charge in [0.1, 0.15) is 11.5 Å². The van der Waals surface area contributed by atoms with Gasteiger partial charge in [-0.05, 0) is 68.3 Å². The number of nitrogens with zero attached hydrogens (tertiary/aromatic N) is 1. The van der Waals surface area contributed by atoms with Crippen LogP contribution in [0.25, 0.3) is 0 Å². The Labute approximate surface area is 199 Å². The van der Waals surface area contributed by atoms with Gasteiger partial charge in [-0.3, -0.25) is 14.4 Å². The second-order valence-corrected chi connectivity index (χ2v) is 8.56. The smallest absolute Gasteiger partial charge is 0.312 e. The van der Waals surface area contributed by atoms with Gasteiger partial charge in [0.2, 0.25) is 11.7 Å². The molecule has 1 heterocycles. The number of hydrogen-bond donors (Lipinski definition) is 0. The predicted octanol–water partition coefficient (Wildman–Crippen LogP) is 5.26. The molecule has 6 nitrogen and oxygen atoms in total. The maximum absolute atomic E-state index is 12.6. The van der Waals surface area contributed by atoms with Crippen LogP contribution in [0.5, 0.6) is 11.5 Å². The third kappa shape index (κ3) is 5.17. The van der Waals surface area contributed by atoms with Crippen LogP contribution in [0.3, 0.4) is 0 Å². The van der Waals surface area contributed by atoms with Crippen molar-refractivity contribution >= 4 is 23.3 Å². The van der Waals surface area contributed by atoms with E-state index in [9.17, 15) is 14.4 Å². The molecule has 0 bridgehead atoms. The van der Waals surface area contributed by atoms with Gasteiger partial charge in [-0.2, -0.15) is 0 Å². The third-order valence-corrected chi connectivity index (χ3v) is 6.04. The monoisotopic (exact) mass is 457 g/mol. The molecule has 1 aliphatic heterocycles. The van der Waals surface area contributed by atoms with Crippen molar-refractivity contribution in [2.45, 2.75) is 33.3 Å². The Morgan fingerprint density at radius 1 is 0.912 bits per heavy atom. The van der Waals surface area contributed by atoms with Crippen molar-refractivity contribution in [3.63, 3.8) is 0 Å². The summed E-state index contributed by atoms with van der Waals surface area (Å²) in [7, 11) is 0. The molecular weight excluding hydrogens is 430 g/mol. The van der Waals surface area contributed by atoms with Crippen LogP contribution in [0.1, 0.15) is 34.8 Å².